The summed E-state index contributed by atoms with van der Waals surface area (Å²) in [4.78, 5) is 29.2. The maximum atomic E-state index is 14.5. The highest BCUT2D eigenvalue weighted by molar-refractivity contribution is 5.96. The van der Waals surface area contributed by atoms with E-state index in [-0.39, 0.29) is 42.0 Å². The number of carbonyl (C=O) groups is 2. The van der Waals surface area contributed by atoms with E-state index >= 15 is 0 Å². The van der Waals surface area contributed by atoms with E-state index in [1.165, 1.54) is 12.1 Å². The predicted molar refractivity (Wildman–Crippen MR) is 133 cm³/mol. The molecule has 1 saturated heterocycles. The fraction of sp³-hybridized carbons (Fsp3) is 0.286. The van der Waals surface area contributed by atoms with Gasteiger partial charge < -0.3 is 20.2 Å². The quantitative estimate of drug-likeness (QED) is 0.596. The van der Waals surface area contributed by atoms with Crippen molar-refractivity contribution in [1.82, 2.24) is 9.80 Å². The molecular weight excluding hydrogens is 445 g/mol. The largest absolute Gasteiger partial charge is 0.394 e. The summed E-state index contributed by atoms with van der Waals surface area (Å²) >= 11 is 0. The van der Waals surface area contributed by atoms with Crippen molar-refractivity contribution in [2.24, 2.45) is 5.92 Å². The van der Waals surface area contributed by atoms with Crippen molar-refractivity contribution < 1.29 is 19.1 Å². The molecule has 7 heteroatoms. The number of halogens is 1. The van der Waals surface area contributed by atoms with E-state index in [2.05, 4.69) is 5.32 Å². The summed E-state index contributed by atoms with van der Waals surface area (Å²) in [5.74, 6) is -0.955. The Morgan fingerprint density at radius 2 is 1.83 bits per heavy atom. The van der Waals surface area contributed by atoms with Crippen LogP contribution in [0.3, 0.4) is 0 Å². The first-order chi connectivity index (χ1) is 16.9. The molecule has 180 valence electrons. The zero-order chi connectivity index (χ0) is 24.7. The number of anilines is 1. The maximum Gasteiger partial charge on any atom is 0.257 e. The minimum atomic E-state index is -0.537. The summed E-state index contributed by atoms with van der Waals surface area (Å²) in [5.41, 5.74) is 4.25. The van der Waals surface area contributed by atoms with Crippen LogP contribution in [-0.4, -0.2) is 60.0 Å². The van der Waals surface area contributed by atoms with E-state index < -0.39 is 5.82 Å². The Bertz CT molecular complexity index is 1290. The van der Waals surface area contributed by atoms with Gasteiger partial charge in [0.15, 0.2) is 0 Å². The number of aliphatic hydroxyl groups is 1. The number of nitrogens with zero attached hydrogens (tertiary/aromatic N) is 2. The molecule has 2 amide bonds. The molecule has 2 aliphatic rings. The van der Waals surface area contributed by atoms with Crippen molar-refractivity contribution in [1.29, 1.82) is 0 Å². The summed E-state index contributed by atoms with van der Waals surface area (Å²) in [6.45, 7) is 0.427. The number of benzene rings is 3. The molecule has 0 bridgehead atoms. The first kappa shape index (κ1) is 23.1. The number of aliphatic hydroxyl groups excluding tert-OH is 1. The van der Waals surface area contributed by atoms with Gasteiger partial charge in [0.25, 0.3) is 11.8 Å². The smallest absolute Gasteiger partial charge is 0.257 e. The van der Waals surface area contributed by atoms with Gasteiger partial charge in [-0.25, -0.2) is 4.39 Å². The molecule has 0 aliphatic carbocycles. The van der Waals surface area contributed by atoms with Gasteiger partial charge in [-0.05, 0) is 59.5 Å². The number of carbonyl (C=O) groups excluding carboxylic acids is 2. The minimum Gasteiger partial charge on any atom is -0.394 e. The number of likely N-dealkylation sites (tertiary alicyclic amines) is 1. The topological polar surface area (TPSA) is 72.9 Å². The Kier molecular flexibility index (Phi) is 6.03. The van der Waals surface area contributed by atoms with Crippen molar-refractivity contribution in [2.75, 3.05) is 32.6 Å². The Balaban J connectivity index is 1.56. The van der Waals surface area contributed by atoms with Crippen LogP contribution in [0.25, 0.3) is 11.1 Å². The number of rotatable bonds is 4. The fourth-order valence-electron chi connectivity index (χ4n) is 5.35. The van der Waals surface area contributed by atoms with Crippen molar-refractivity contribution in [2.45, 2.75) is 18.5 Å². The van der Waals surface area contributed by atoms with Crippen molar-refractivity contribution in [3.8, 4) is 11.1 Å². The van der Waals surface area contributed by atoms with E-state index in [1.54, 1.807) is 42.1 Å². The standard InChI is InChI=1S/C28H28FN3O3/c1-31(2)27(34)19-7-5-6-17(14-19)18-10-11-24-22(15-18)26-21(25(16-33)30-24)12-13-32(26)28(35)20-8-3-4-9-23(20)29/h3-11,14-15,21,25-26,30,33H,12-13,16H2,1-2H3/t21-,25-,26-/m0/s1. The van der Waals surface area contributed by atoms with E-state index in [0.29, 0.717) is 18.5 Å². The molecule has 0 radical (unpaired) electrons. The molecule has 0 aromatic heterocycles. The first-order valence-electron chi connectivity index (χ1n) is 11.8. The molecule has 2 aliphatic heterocycles. The summed E-state index contributed by atoms with van der Waals surface area (Å²) in [6.07, 6.45) is 0.708. The molecule has 3 aromatic carbocycles. The molecule has 3 atom stereocenters. The van der Waals surface area contributed by atoms with Gasteiger partial charge in [-0.3, -0.25) is 9.59 Å². The third kappa shape index (κ3) is 4.06. The highest BCUT2D eigenvalue weighted by Gasteiger charge is 2.46. The minimum absolute atomic E-state index is 0.000117. The molecule has 0 unspecified atom stereocenters. The van der Waals surface area contributed by atoms with Crippen LogP contribution in [-0.2, 0) is 0 Å². The van der Waals surface area contributed by atoms with E-state index in [4.69, 9.17) is 0 Å². The zero-order valence-electron chi connectivity index (χ0n) is 19.7. The summed E-state index contributed by atoms with van der Waals surface area (Å²) in [6, 6.07) is 19.0. The Morgan fingerprint density at radius 3 is 2.57 bits per heavy atom. The maximum absolute atomic E-state index is 14.5. The zero-order valence-corrected chi connectivity index (χ0v) is 19.7. The number of hydrogen-bond donors (Lipinski definition) is 2. The highest BCUT2D eigenvalue weighted by atomic mass is 19.1. The third-order valence-corrected chi connectivity index (χ3v) is 7.08. The van der Waals surface area contributed by atoms with Crippen LogP contribution in [0.15, 0.2) is 66.7 Å². The average molecular weight is 474 g/mol. The molecule has 1 fully saturated rings. The van der Waals surface area contributed by atoms with Crippen LogP contribution in [0.1, 0.15) is 38.7 Å². The fourth-order valence-corrected chi connectivity index (χ4v) is 5.35. The van der Waals surface area contributed by atoms with Crippen LogP contribution < -0.4 is 5.32 Å². The molecule has 5 rings (SSSR count). The lowest BCUT2D eigenvalue weighted by molar-refractivity contribution is 0.0696. The number of nitrogens with one attached hydrogen (secondary N) is 1. The van der Waals surface area contributed by atoms with Crippen LogP contribution in [0, 0.1) is 11.7 Å². The molecule has 6 nitrogen and oxygen atoms in total. The molecule has 0 saturated carbocycles. The van der Waals surface area contributed by atoms with Gasteiger partial charge in [-0.2, -0.15) is 0 Å². The van der Waals surface area contributed by atoms with E-state index in [0.717, 1.165) is 22.4 Å². The van der Waals surface area contributed by atoms with Crippen LogP contribution >= 0.6 is 0 Å². The van der Waals surface area contributed by atoms with Gasteiger partial charge in [0, 0.05) is 37.8 Å². The molecule has 35 heavy (non-hydrogen) atoms. The normalized spacial score (nSPS) is 20.6. The number of amides is 2. The van der Waals surface area contributed by atoms with Crippen LogP contribution in [0.5, 0.6) is 0 Å². The Hall–Kier alpha value is -3.71. The van der Waals surface area contributed by atoms with Gasteiger partial charge in [0.05, 0.1) is 24.3 Å². The third-order valence-electron chi connectivity index (χ3n) is 7.08. The monoisotopic (exact) mass is 473 g/mol. The predicted octanol–water partition coefficient (Wildman–Crippen LogP) is 4.18. The molecule has 3 aromatic rings. The van der Waals surface area contributed by atoms with Crippen molar-refractivity contribution in [3.63, 3.8) is 0 Å². The first-order valence-corrected chi connectivity index (χ1v) is 11.8. The molecular formula is C28H28FN3O3. The number of hydrogen-bond acceptors (Lipinski definition) is 4. The van der Waals surface area contributed by atoms with E-state index in [9.17, 15) is 19.1 Å². The number of fused-ring (bicyclic) bond motifs is 3. The second-order valence-corrected chi connectivity index (χ2v) is 9.39. The van der Waals surface area contributed by atoms with Gasteiger partial charge >= 0.3 is 0 Å². The highest BCUT2D eigenvalue weighted by Crippen LogP contribution is 2.48. The van der Waals surface area contributed by atoms with Gasteiger partial charge in [-0.15, -0.1) is 0 Å². The molecule has 2 N–H and O–H groups in total. The summed E-state index contributed by atoms with van der Waals surface area (Å²) < 4.78 is 14.5. The Morgan fingerprint density at radius 1 is 1.06 bits per heavy atom. The molecule has 0 spiro atoms. The summed E-state index contributed by atoms with van der Waals surface area (Å²) in [7, 11) is 3.44. The SMILES string of the molecule is CN(C)C(=O)c1cccc(-c2ccc3c(c2)[C@@H]2[C@@H](CCN2C(=O)c2ccccc2F)[C@H](CO)N3)c1. The van der Waals surface area contributed by atoms with Gasteiger partial charge in [0.1, 0.15) is 5.82 Å². The van der Waals surface area contributed by atoms with Gasteiger partial charge in [-0.1, -0.05) is 30.3 Å². The average Bonchev–Trinajstić information content (AvgIpc) is 3.33. The molecule has 2 heterocycles. The lowest BCUT2D eigenvalue weighted by Gasteiger charge is -2.39. The van der Waals surface area contributed by atoms with Crippen molar-refractivity contribution in [3.05, 3.63) is 89.2 Å². The van der Waals surface area contributed by atoms with Gasteiger partial charge in [0.2, 0.25) is 0 Å². The van der Waals surface area contributed by atoms with Crippen molar-refractivity contribution >= 4 is 17.5 Å². The summed E-state index contributed by atoms with van der Waals surface area (Å²) in [5, 5.41) is 13.5. The lowest BCUT2D eigenvalue weighted by Crippen LogP contribution is -2.43. The van der Waals surface area contributed by atoms with Crippen LogP contribution in [0.2, 0.25) is 0 Å². The van der Waals surface area contributed by atoms with Crippen LogP contribution in [0.4, 0.5) is 10.1 Å². The lowest BCUT2D eigenvalue weighted by atomic mass is 9.82. The van der Waals surface area contributed by atoms with E-state index in [1.807, 2.05) is 36.4 Å². The second kappa shape index (κ2) is 9.15. The second-order valence-electron chi connectivity index (χ2n) is 9.39. The Labute approximate surface area is 204 Å².